The second kappa shape index (κ2) is 3.84. The molecule has 0 aromatic carbocycles. The maximum absolute atomic E-state index is 9.14. The summed E-state index contributed by atoms with van der Waals surface area (Å²) in [6.45, 7) is 6.50. The molecule has 2 heteroatoms. The van der Waals surface area contributed by atoms with E-state index in [0.29, 0.717) is 4.75 Å². The summed E-state index contributed by atoms with van der Waals surface area (Å²) in [6, 6.07) is 0. The molecule has 1 heterocycles. The van der Waals surface area contributed by atoms with Crippen LogP contribution in [0.2, 0.25) is 0 Å². The molecule has 0 aliphatic carbocycles. The number of hydrogen-bond donors (Lipinski definition) is 1. The molecule has 1 aliphatic heterocycles. The lowest BCUT2D eigenvalue weighted by atomic mass is 9.99. The molecule has 1 rings (SSSR count). The molecule has 0 bridgehead atoms. The fourth-order valence-corrected chi connectivity index (χ4v) is 2.82. The maximum Gasteiger partial charge on any atom is 0.101 e. The Kier molecular flexibility index (Phi) is 3.24. The highest BCUT2D eigenvalue weighted by atomic mass is 32.2. The molecule has 0 aromatic heterocycles. The number of aliphatic hydroxyl groups excluding tert-OH is 1. The average Bonchev–Trinajstić information content (AvgIpc) is 1.83. The van der Waals surface area contributed by atoms with Crippen LogP contribution < -0.4 is 0 Å². The first kappa shape index (κ1) is 10.1. The minimum Gasteiger partial charge on any atom is -0.382 e. The van der Waals surface area contributed by atoms with Crippen LogP contribution >= 0.6 is 11.8 Å². The molecule has 1 nitrogen and oxygen atoms in total. The van der Waals surface area contributed by atoms with Crippen molar-refractivity contribution in [2.75, 3.05) is 0 Å². The van der Waals surface area contributed by atoms with Crippen LogP contribution in [0.15, 0.2) is 11.6 Å². The molecular weight excluding hydrogens is 168 g/mol. The third-order valence-electron chi connectivity index (χ3n) is 2.25. The van der Waals surface area contributed by atoms with Gasteiger partial charge in [0.2, 0.25) is 0 Å². The van der Waals surface area contributed by atoms with E-state index >= 15 is 0 Å². The van der Waals surface area contributed by atoms with Crippen molar-refractivity contribution in [3.05, 3.63) is 11.6 Å². The lowest BCUT2D eigenvalue weighted by molar-refractivity contribution is 0.206. The van der Waals surface area contributed by atoms with Crippen molar-refractivity contribution in [3.63, 3.8) is 0 Å². The first-order valence-electron chi connectivity index (χ1n) is 4.51. The fraction of sp³-hybridized carbons (Fsp3) is 0.800. The van der Waals surface area contributed by atoms with Gasteiger partial charge >= 0.3 is 0 Å². The summed E-state index contributed by atoms with van der Waals surface area (Å²) < 4.78 is 0.353. The van der Waals surface area contributed by atoms with Crippen LogP contribution in [-0.2, 0) is 0 Å². The van der Waals surface area contributed by atoms with E-state index in [2.05, 4.69) is 26.8 Å². The first-order valence-corrected chi connectivity index (χ1v) is 5.39. The van der Waals surface area contributed by atoms with Gasteiger partial charge in [-0.05, 0) is 33.1 Å². The van der Waals surface area contributed by atoms with Crippen molar-refractivity contribution in [2.24, 2.45) is 0 Å². The topological polar surface area (TPSA) is 20.2 Å². The first-order chi connectivity index (χ1) is 5.52. The number of allylic oxidation sites excluding steroid dienone is 2. The summed E-state index contributed by atoms with van der Waals surface area (Å²) in [5, 5.41) is 9.14. The number of rotatable bonds is 3. The summed E-state index contributed by atoms with van der Waals surface area (Å²) in [5.41, 5.74) is 1.30. The summed E-state index contributed by atoms with van der Waals surface area (Å²) in [5.74, 6) is 0. The highest BCUT2D eigenvalue weighted by Gasteiger charge is 2.39. The van der Waals surface area contributed by atoms with E-state index in [-0.39, 0.29) is 5.44 Å². The molecule has 12 heavy (non-hydrogen) atoms. The number of thioether (sulfide) groups is 1. The van der Waals surface area contributed by atoms with Gasteiger partial charge < -0.3 is 5.11 Å². The van der Waals surface area contributed by atoms with Crippen LogP contribution in [0.25, 0.3) is 0 Å². The Morgan fingerprint density at radius 3 is 2.67 bits per heavy atom. The number of hydrogen-bond acceptors (Lipinski definition) is 2. The monoisotopic (exact) mass is 186 g/mol. The van der Waals surface area contributed by atoms with Gasteiger partial charge in [-0.3, -0.25) is 0 Å². The molecule has 1 aliphatic rings. The lowest BCUT2D eigenvalue weighted by Crippen LogP contribution is -2.37. The quantitative estimate of drug-likeness (QED) is 0.684. The number of aliphatic hydroxyl groups is 1. The van der Waals surface area contributed by atoms with Crippen molar-refractivity contribution < 1.29 is 5.11 Å². The normalized spacial score (nSPS) is 34.2. The summed E-state index contributed by atoms with van der Waals surface area (Å²) in [6.07, 6.45) is 5.59. The van der Waals surface area contributed by atoms with Crippen LogP contribution in [0.3, 0.4) is 0 Å². The molecule has 1 fully saturated rings. The van der Waals surface area contributed by atoms with Crippen LogP contribution in [0.1, 0.15) is 40.0 Å². The van der Waals surface area contributed by atoms with E-state index in [1.807, 2.05) is 0 Å². The summed E-state index contributed by atoms with van der Waals surface area (Å²) >= 11 is 1.71. The van der Waals surface area contributed by atoms with Crippen molar-refractivity contribution in [1.82, 2.24) is 0 Å². The molecule has 70 valence electrons. The van der Waals surface area contributed by atoms with Crippen LogP contribution in [0, 0.1) is 0 Å². The van der Waals surface area contributed by atoms with E-state index in [9.17, 15) is 0 Å². The molecule has 0 amide bonds. The Labute approximate surface area is 79.2 Å². The highest BCUT2D eigenvalue weighted by Crippen LogP contribution is 2.48. The standard InChI is InChI=1S/C10H18OS/c1-8(2)5-4-6-10(3)7-9(11)12-10/h5,9,11H,4,6-7H2,1-3H3. The van der Waals surface area contributed by atoms with Crippen LogP contribution in [0.4, 0.5) is 0 Å². The van der Waals surface area contributed by atoms with Gasteiger partial charge in [-0.1, -0.05) is 18.6 Å². The molecule has 2 atom stereocenters. The fourth-order valence-electron chi connectivity index (χ4n) is 1.52. The summed E-state index contributed by atoms with van der Waals surface area (Å²) in [4.78, 5) is 0. The molecule has 0 aromatic rings. The van der Waals surface area contributed by atoms with Gasteiger partial charge in [-0.2, -0.15) is 0 Å². The smallest absolute Gasteiger partial charge is 0.101 e. The van der Waals surface area contributed by atoms with Crippen LogP contribution in [-0.4, -0.2) is 15.3 Å². The van der Waals surface area contributed by atoms with Crippen molar-refractivity contribution in [2.45, 2.75) is 50.2 Å². The van der Waals surface area contributed by atoms with Crippen molar-refractivity contribution in [1.29, 1.82) is 0 Å². The second-order valence-corrected chi connectivity index (χ2v) is 5.81. The van der Waals surface area contributed by atoms with Gasteiger partial charge in [0, 0.05) is 4.75 Å². The van der Waals surface area contributed by atoms with E-state index < -0.39 is 0 Å². The predicted octanol–water partition coefficient (Wildman–Crippen LogP) is 2.95. The van der Waals surface area contributed by atoms with Gasteiger partial charge in [0.15, 0.2) is 0 Å². The van der Waals surface area contributed by atoms with Gasteiger partial charge in [-0.15, -0.1) is 11.8 Å². The third kappa shape index (κ3) is 2.83. The molecule has 0 radical (unpaired) electrons. The van der Waals surface area contributed by atoms with Crippen molar-refractivity contribution >= 4 is 11.8 Å². The highest BCUT2D eigenvalue weighted by molar-refractivity contribution is 8.02. The third-order valence-corrected chi connectivity index (χ3v) is 3.63. The van der Waals surface area contributed by atoms with E-state index in [0.717, 1.165) is 12.8 Å². The minimum absolute atomic E-state index is 0.0956. The molecule has 0 saturated carbocycles. The lowest BCUT2D eigenvalue weighted by Gasteiger charge is -2.41. The zero-order valence-electron chi connectivity index (χ0n) is 8.13. The molecule has 2 unspecified atom stereocenters. The zero-order chi connectivity index (χ0) is 9.19. The molecule has 1 saturated heterocycles. The van der Waals surface area contributed by atoms with Crippen molar-refractivity contribution in [3.8, 4) is 0 Å². The largest absolute Gasteiger partial charge is 0.382 e. The molecular formula is C10H18OS. The predicted molar refractivity (Wildman–Crippen MR) is 55.3 cm³/mol. The van der Waals surface area contributed by atoms with Gasteiger partial charge in [-0.25, -0.2) is 0 Å². The Morgan fingerprint density at radius 2 is 2.25 bits per heavy atom. The molecule has 0 spiro atoms. The Morgan fingerprint density at radius 1 is 1.67 bits per heavy atom. The Bertz CT molecular complexity index is 176. The van der Waals surface area contributed by atoms with Gasteiger partial charge in [0.05, 0.1) is 0 Å². The summed E-state index contributed by atoms with van der Waals surface area (Å²) in [7, 11) is 0. The minimum atomic E-state index is -0.0956. The SMILES string of the molecule is CC(C)=CCCC1(C)CC(O)S1. The zero-order valence-corrected chi connectivity index (χ0v) is 8.95. The van der Waals surface area contributed by atoms with Crippen LogP contribution in [0.5, 0.6) is 0 Å². The van der Waals surface area contributed by atoms with E-state index in [1.165, 1.54) is 12.0 Å². The van der Waals surface area contributed by atoms with Gasteiger partial charge in [0.25, 0.3) is 0 Å². The average molecular weight is 186 g/mol. The second-order valence-electron chi connectivity index (χ2n) is 4.05. The van der Waals surface area contributed by atoms with Gasteiger partial charge in [0.1, 0.15) is 5.44 Å². The Hall–Kier alpha value is 0.0500. The maximum atomic E-state index is 9.14. The molecule has 1 N–H and O–H groups in total. The van der Waals surface area contributed by atoms with E-state index in [4.69, 9.17) is 5.11 Å². The Balaban J connectivity index is 2.20. The van der Waals surface area contributed by atoms with E-state index in [1.54, 1.807) is 11.8 Å².